The lowest BCUT2D eigenvalue weighted by molar-refractivity contribution is -0.129. The lowest BCUT2D eigenvalue weighted by Gasteiger charge is -2.33. The van der Waals surface area contributed by atoms with Crippen LogP contribution in [0.25, 0.3) is 0 Å². The Balaban J connectivity index is 2.78. The zero-order valence-electron chi connectivity index (χ0n) is 10.6. The molecule has 18 heavy (non-hydrogen) atoms. The molecule has 0 radical (unpaired) electrons. The van der Waals surface area contributed by atoms with E-state index in [1.807, 2.05) is 0 Å². The van der Waals surface area contributed by atoms with Gasteiger partial charge in [0.25, 0.3) is 0 Å². The number of carbonyl (C=O) groups is 1. The quantitative estimate of drug-likeness (QED) is 0.616. The topological polar surface area (TPSA) is 102 Å². The number of nitrogens with one attached hydrogen (secondary N) is 1. The zero-order valence-corrected chi connectivity index (χ0v) is 11.4. The molecule has 1 heterocycles. The summed E-state index contributed by atoms with van der Waals surface area (Å²) in [6.07, 6.45) is 0.391. The van der Waals surface area contributed by atoms with E-state index < -0.39 is 16.1 Å². The van der Waals surface area contributed by atoms with Gasteiger partial charge in [-0.3, -0.25) is 4.79 Å². The number of nitrogens with zero attached hydrogens (tertiary/aromatic N) is 1. The molecule has 1 atom stereocenters. The molecule has 3 N–H and O–H groups in total. The standard InChI is InChI=1S/C10H21N3O4S/c1-2-12-10(14)9-8-17-6-5-13(9)18(15,16)7-3-4-11/h9H,2-8,11H2,1H3,(H,12,14). The Hall–Kier alpha value is -0.700. The van der Waals surface area contributed by atoms with Crippen LogP contribution >= 0.6 is 0 Å². The maximum atomic E-state index is 12.1. The number of hydrogen-bond acceptors (Lipinski definition) is 5. The van der Waals surface area contributed by atoms with Crippen molar-refractivity contribution < 1.29 is 17.9 Å². The van der Waals surface area contributed by atoms with E-state index in [0.717, 1.165) is 0 Å². The third-order valence-electron chi connectivity index (χ3n) is 2.70. The molecule has 1 unspecified atom stereocenters. The van der Waals surface area contributed by atoms with Gasteiger partial charge in [-0.15, -0.1) is 0 Å². The predicted molar refractivity (Wildman–Crippen MR) is 67.5 cm³/mol. The van der Waals surface area contributed by atoms with Gasteiger partial charge in [-0.05, 0) is 19.9 Å². The second-order valence-corrected chi connectivity index (χ2v) is 6.10. The van der Waals surface area contributed by atoms with Crippen molar-refractivity contribution in [2.75, 3.05) is 38.6 Å². The second kappa shape index (κ2) is 7.03. The third kappa shape index (κ3) is 3.91. The fourth-order valence-corrected chi connectivity index (χ4v) is 3.47. The number of likely N-dealkylation sites (N-methyl/N-ethyl adjacent to an activating group) is 1. The van der Waals surface area contributed by atoms with E-state index in [1.165, 1.54) is 4.31 Å². The van der Waals surface area contributed by atoms with Gasteiger partial charge in [0.15, 0.2) is 0 Å². The smallest absolute Gasteiger partial charge is 0.240 e. The number of nitrogens with two attached hydrogens (primary N) is 1. The summed E-state index contributed by atoms with van der Waals surface area (Å²) in [4.78, 5) is 11.8. The Morgan fingerprint density at radius 2 is 2.28 bits per heavy atom. The fourth-order valence-electron chi connectivity index (χ4n) is 1.80. The van der Waals surface area contributed by atoms with Gasteiger partial charge < -0.3 is 15.8 Å². The Labute approximate surface area is 108 Å². The van der Waals surface area contributed by atoms with Crippen molar-refractivity contribution >= 4 is 15.9 Å². The highest BCUT2D eigenvalue weighted by atomic mass is 32.2. The molecule has 7 nitrogen and oxygen atoms in total. The van der Waals surface area contributed by atoms with Gasteiger partial charge in [0.1, 0.15) is 6.04 Å². The molecule has 0 aromatic rings. The molecular formula is C10H21N3O4S. The van der Waals surface area contributed by atoms with Gasteiger partial charge in [-0.2, -0.15) is 4.31 Å². The summed E-state index contributed by atoms with van der Waals surface area (Å²) in [5, 5.41) is 2.62. The minimum Gasteiger partial charge on any atom is -0.378 e. The number of hydrogen-bond donors (Lipinski definition) is 2. The lowest BCUT2D eigenvalue weighted by Crippen LogP contribution is -2.56. The Bertz CT molecular complexity index is 371. The van der Waals surface area contributed by atoms with E-state index in [0.29, 0.717) is 26.1 Å². The van der Waals surface area contributed by atoms with E-state index in [2.05, 4.69) is 5.32 Å². The van der Waals surface area contributed by atoms with Crippen molar-refractivity contribution in [3.05, 3.63) is 0 Å². The van der Waals surface area contributed by atoms with Crippen LogP contribution in [-0.2, 0) is 19.6 Å². The van der Waals surface area contributed by atoms with E-state index in [9.17, 15) is 13.2 Å². The highest BCUT2D eigenvalue weighted by Gasteiger charge is 2.36. The van der Waals surface area contributed by atoms with Crippen LogP contribution < -0.4 is 11.1 Å². The highest BCUT2D eigenvalue weighted by molar-refractivity contribution is 7.89. The normalized spacial score (nSPS) is 21.8. The van der Waals surface area contributed by atoms with E-state index >= 15 is 0 Å². The predicted octanol–water partition coefficient (Wildman–Crippen LogP) is -1.50. The summed E-state index contributed by atoms with van der Waals surface area (Å²) < 4.78 is 30.6. The number of amides is 1. The Morgan fingerprint density at radius 1 is 1.56 bits per heavy atom. The molecule has 1 fully saturated rings. The number of rotatable bonds is 6. The van der Waals surface area contributed by atoms with Crippen LogP contribution in [0.3, 0.4) is 0 Å². The van der Waals surface area contributed by atoms with E-state index in [-0.39, 0.29) is 24.8 Å². The third-order valence-corrected chi connectivity index (χ3v) is 4.65. The molecule has 1 saturated heterocycles. The first-order chi connectivity index (χ1) is 8.53. The van der Waals surface area contributed by atoms with Crippen molar-refractivity contribution in [2.45, 2.75) is 19.4 Å². The van der Waals surface area contributed by atoms with Crippen LogP contribution in [0.2, 0.25) is 0 Å². The highest BCUT2D eigenvalue weighted by Crippen LogP contribution is 2.14. The molecule has 0 aliphatic carbocycles. The van der Waals surface area contributed by atoms with Crippen molar-refractivity contribution in [3.8, 4) is 0 Å². The molecule has 8 heteroatoms. The average Bonchev–Trinajstić information content (AvgIpc) is 2.37. The Kier molecular flexibility index (Phi) is 6.00. The summed E-state index contributed by atoms with van der Waals surface area (Å²) in [5.41, 5.74) is 5.32. The fraction of sp³-hybridized carbons (Fsp3) is 0.900. The molecular weight excluding hydrogens is 258 g/mol. The van der Waals surface area contributed by atoms with Crippen molar-refractivity contribution in [3.63, 3.8) is 0 Å². The Morgan fingerprint density at radius 3 is 2.89 bits per heavy atom. The lowest BCUT2D eigenvalue weighted by atomic mass is 10.2. The molecule has 0 aromatic heterocycles. The second-order valence-electron chi connectivity index (χ2n) is 4.05. The van der Waals surface area contributed by atoms with Gasteiger partial charge in [0.05, 0.1) is 19.0 Å². The molecule has 1 amide bonds. The minimum atomic E-state index is -3.45. The first kappa shape index (κ1) is 15.4. The first-order valence-electron chi connectivity index (χ1n) is 6.08. The number of ether oxygens (including phenoxy) is 1. The van der Waals surface area contributed by atoms with E-state index in [1.54, 1.807) is 6.92 Å². The van der Waals surface area contributed by atoms with Gasteiger partial charge >= 0.3 is 0 Å². The van der Waals surface area contributed by atoms with Crippen LogP contribution in [0, 0.1) is 0 Å². The van der Waals surface area contributed by atoms with Crippen LogP contribution in [0.4, 0.5) is 0 Å². The van der Waals surface area contributed by atoms with Crippen LogP contribution in [0.1, 0.15) is 13.3 Å². The molecule has 0 bridgehead atoms. The van der Waals surface area contributed by atoms with Gasteiger partial charge in [0, 0.05) is 13.1 Å². The number of sulfonamides is 1. The van der Waals surface area contributed by atoms with Crippen molar-refractivity contribution in [1.29, 1.82) is 0 Å². The largest absolute Gasteiger partial charge is 0.378 e. The van der Waals surface area contributed by atoms with Gasteiger partial charge in [-0.1, -0.05) is 0 Å². The molecule has 106 valence electrons. The molecule has 0 saturated carbocycles. The van der Waals surface area contributed by atoms with Crippen LogP contribution in [0.5, 0.6) is 0 Å². The summed E-state index contributed by atoms with van der Waals surface area (Å²) in [5.74, 6) is -0.340. The molecule has 0 aromatic carbocycles. The SMILES string of the molecule is CCNC(=O)C1COCCN1S(=O)(=O)CCCN. The van der Waals surface area contributed by atoms with Crippen molar-refractivity contribution in [2.24, 2.45) is 5.73 Å². The van der Waals surface area contributed by atoms with Gasteiger partial charge in [0.2, 0.25) is 15.9 Å². The molecule has 0 spiro atoms. The van der Waals surface area contributed by atoms with Gasteiger partial charge in [-0.25, -0.2) is 8.42 Å². The first-order valence-corrected chi connectivity index (χ1v) is 7.69. The summed E-state index contributed by atoms with van der Waals surface area (Å²) >= 11 is 0. The summed E-state index contributed by atoms with van der Waals surface area (Å²) in [6.45, 7) is 3.20. The maximum Gasteiger partial charge on any atom is 0.240 e. The molecule has 1 aliphatic rings. The molecule has 1 rings (SSSR count). The van der Waals surface area contributed by atoms with E-state index in [4.69, 9.17) is 10.5 Å². The number of morpholine rings is 1. The maximum absolute atomic E-state index is 12.1. The summed E-state index contributed by atoms with van der Waals surface area (Å²) in [6, 6.07) is -0.763. The van der Waals surface area contributed by atoms with Crippen LogP contribution in [0.15, 0.2) is 0 Å². The van der Waals surface area contributed by atoms with Crippen LogP contribution in [-0.4, -0.2) is 63.3 Å². The average molecular weight is 279 g/mol. The minimum absolute atomic E-state index is 0.0284. The monoisotopic (exact) mass is 279 g/mol. The number of carbonyl (C=O) groups excluding carboxylic acids is 1. The molecule has 1 aliphatic heterocycles. The van der Waals surface area contributed by atoms with Crippen molar-refractivity contribution in [1.82, 2.24) is 9.62 Å². The summed E-state index contributed by atoms with van der Waals surface area (Å²) in [7, 11) is -3.45. The zero-order chi connectivity index (χ0) is 13.6.